The van der Waals surface area contributed by atoms with Crippen molar-refractivity contribution in [1.29, 1.82) is 0 Å². The van der Waals surface area contributed by atoms with Crippen molar-refractivity contribution in [1.82, 2.24) is 15.3 Å². The van der Waals surface area contributed by atoms with Gasteiger partial charge in [-0.1, -0.05) is 85.8 Å². The first kappa shape index (κ1) is 35.8. The second-order valence-electron chi connectivity index (χ2n) is 17.0. The van der Waals surface area contributed by atoms with E-state index in [4.69, 9.17) is 4.43 Å². The topological polar surface area (TPSA) is 47.0 Å². The number of unbranched alkanes of at least 4 members (excludes halogenated alkanes) is 4. The van der Waals surface area contributed by atoms with Gasteiger partial charge in [-0.25, -0.2) is 0 Å². The van der Waals surface area contributed by atoms with Gasteiger partial charge in [0.1, 0.15) is 0 Å². The summed E-state index contributed by atoms with van der Waals surface area (Å²) < 4.78 is 7.22. The number of nitrogens with one attached hydrogen (secondary N) is 1. The first-order valence-electron chi connectivity index (χ1n) is 18.5. The SMILES string of the molecule is CC1=C(CCCNCCCCCCCc2cnccn2)[C@@H]2CC[C@H]3C(C)(C)[C@@H](O[Si](C(C)C)C(C)(C)C)CC[C@]3(C)[C@H]2CC1. The van der Waals surface area contributed by atoms with Crippen LogP contribution in [0.25, 0.3) is 0 Å². The van der Waals surface area contributed by atoms with Crippen LogP contribution < -0.4 is 5.32 Å². The summed E-state index contributed by atoms with van der Waals surface area (Å²) in [7, 11) is -0.893. The van der Waals surface area contributed by atoms with Gasteiger partial charge in [0.15, 0.2) is 0 Å². The number of aryl methyl sites for hydroxylation is 1. The van der Waals surface area contributed by atoms with Crippen LogP contribution in [-0.4, -0.2) is 38.2 Å². The molecule has 0 bridgehead atoms. The lowest BCUT2D eigenvalue weighted by Crippen LogP contribution is -2.58. The van der Waals surface area contributed by atoms with Crippen LogP contribution in [0.5, 0.6) is 0 Å². The van der Waals surface area contributed by atoms with Gasteiger partial charge in [-0.2, -0.15) is 0 Å². The summed E-state index contributed by atoms with van der Waals surface area (Å²) in [4.78, 5) is 8.55. The molecule has 2 saturated carbocycles. The highest BCUT2D eigenvalue weighted by atomic mass is 28.3. The zero-order chi connectivity index (χ0) is 32.0. The van der Waals surface area contributed by atoms with Crippen molar-refractivity contribution in [2.45, 2.75) is 169 Å². The summed E-state index contributed by atoms with van der Waals surface area (Å²) in [6.07, 6.45) is 24.2. The van der Waals surface area contributed by atoms with Crippen LogP contribution in [0, 0.1) is 28.6 Å². The molecule has 1 radical (unpaired) electrons. The van der Waals surface area contributed by atoms with Gasteiger partial charge in [0, 0.05) is 18.6 Å². The molecule has 0 unspecified atom stereocenters. The van der Waals surface area contributed by atoms with E-state index in [1.54, 1.807) is 18.0 Å². The Bertz CT molecular complexity index is 1050. The average molecular weight is 623 g/mol. The van der Waals surface area contributed by atoms with E-state index in [1.165, 1.54) is 96.6 Å². The molecule has 5 heteroatoms. The molecule has 1 aromatic heterocycles. The summed E-state index contributed by atoms with van der Waals surface area (Å²) in [6, 6.07) is 0. The molecule has 5 atom stereocenters. The summed E-state index contributed by atoms with van der Waals surface area (Å²) in [5.41, 5.74) is 6.08. The fraction of sp³-hybridized carbons (Fsp3) is 0.846. The largest absolute Gasteiger partial charge is 0.412 e. The van der Waals surface area contributed by atoms with Crippen LogP contribution in [0.2, 0.25) is 10.6 Å². The maximum atomic E-state index is 7.22. The number of allylic oxidation sites excluding steroid dienone is 2. The van der Waals surface area contributed by atoms with Crippen molar-refractivity contribution in [3.63, 3.8) is 0 Å². The van der Waals surface area contributed by atoms with Gasteiger partial charge in [-0.05, 0) is 130 Å². The molecule has 0 aromatic carbocycles. The van der Waals surface area contributed by atoms with Crippen LogP contribution in [0.1, 0.15) is 151 Å². The first-order chi connectivity index (χ1) is 20.9. The van der Waals surface area contributed by atoms with E-state index in [2.05, 4.69) is 77.6 Å². The quantitative estimate of drug-likeness (QED) is 0.120. The molecule has 0 amide bonds. The standard InChI is InChI=1S/C39H68N3OSi/c1-29(2)44(37(4,5)6)43-36-22-23-39(9)34-20-18-30(3)32(33(34)19-21-35(39)38(36,7)8)17-15-25-40-24-14-12-10-11-13-16-31-28-41-26-27-42-31/h26-29,33-36,40H,10-25H2,1-9H3/t33-,34-,35-,36-,39+/m0/s1. The molecule has 0 saturated heterocycles. The third-order valence-electron chi connectivity index (χ3n) is 12.1. The van der Waals surface area contributed by atoms with E-state index < -0.39 is 9.04 Å². The Balaban J connectivity index is 1.22. The number of aromatic nitrogens is 2. The third-order valence-corrected chi connectivity index (χ3v) is 15.2. The molecule has 1 N–H and O–H groups in total. The van der Waals surface area contributed by atoms with Crippen molar-refractivity contribution in [3.05, 3.63) is 35.4 Å². The van der Waals surface area contributed by atoms with Crippen LogP contribution >= 0.6 is 0 Å². The van der Waals surface area contributed by atoms with Gasteiger partial charge in [0.2, 0.25) is 9.04 Å². The minimum atomic E-state index is -0.893. The predicted octanol–water partition coefficient (Wildman–Crippen LogP) is 10.5. The van der Waals surface area contributed by atoms with Crippen molar-refractivity contribution in [2.75, 3.05) is 13.1 Å². The Hall–Kier alpha value is -1.04. The van der Waals surface area contributed by atoms with Crippen LogP contribution in [0.15, 0.2) is 29.7 Å². The van der Waals surface area contributed by atoms with Gasteiger partial charge in [-0.3, -0.25) is 9.97 Å². The molecule has 0 spiro atoms. The van der Waals surface area contributed by atoms with E-state index >= 15 is 0 Å². The lowest BCUT2D eigenvalue weighted by Gasteiger charge is -2.63. The minimum Gasteiger partial charge on any atom is -0.412 e. The Morgan fingerprint density at radius 1 is 0.932 bits per heavy atom. The molecule has 4 nitrogen and oxygen atoms in total. The molecule has 1 heterocycles. The number of fused-ring (bicyclic) bond motifs is 3. The Labute approximate surface area is 274 Å². The fourth-order valence-electron chi connectivity index (χ4n) is 10.0. The maximum Gasteiger partial charge on any atom is 0.220 e. The highest BCUT2D eigenvalue weighted by Crippen LogP contribution is 2.65. The molecule has 249 valence electrons. The highest BCUT2D eigenvalue weighted by Gasteiger charge is 2.59. The number of rotatable bonds is 15. The van der Waals surface area contributed by atoms with E-state index in [-0.39, 0.29) is 10.5 Å². The maximum absolute atomic E-state index is 7.22. The molecule has 1 aromatic rings. The normalized spacial score (nSPS) is 28.8. The number of hydrogen-bond acceptors (Lipinski definition) is 4. The van der Waals surface area contributed by atoms with Gasteiger partial charge in [0.05, 0.1) is 11.8 Å². The summed E-state index contributed by atoms with van der Waals surface area (Å²) in [5, 5.41) is 4.06. The zero-order valence-electron chi connectivity index (χ0n) is 30.2. The van der Waals surface area contributed by atoms with Gasteiger partial charge >= 0.3 is 0 Å². The van der Waals surface area contributed by atoms with Gasteiger partial charge in [0.25, 0.3) is 0 Å². The highest BCUT2D eigenvalue weighted by molar-refractivity contribution is 6.56. The van der Waals surface area contributed by atoms with Crippen LogP contribution in [0.3, 0.4) is 0 Å². The monoisotopic (exact) mass is 623 g/mol. The average Bonchev–Trinajstić information content (AvgIpc) is 2.95. The molecular formula is C39H68N3OSi. The molecule has 4 rings (SSSR count). The van der Waals surface area contributed by atoms with E-state index in [9.17, 15) is 0 Å². The molecule has 44 heavy (non-hydrogen) atoms. The van der Waals surface area contributed by atoms with Crippen LogP contribution in [0.4, 0.5) is 0 Å². The predicted molar refractivity (Wildman–Crippen MR) is 189 cm³/mol. The smallest absolute Gasteiger partial charge is 0.220 e. The first-order valence-corrected chi connectivity index (χ1v) is 20.0. The van der Waals surface area contributed by atoms with Crippen molar-refractivity contribution in [3.8, 4) is 0 Å². The summed E-state index contributed by atoms with van der Waals surface area (Å²) in [6.45, 7) is 24.7. The Morgan fingerprint density at radius 3 is 2.36 bits per heavy atom. The molecule has 3 aliphatic carbocycles. The van der Waals surface area contributed by atoms with Crippen molar-refractivity contribution in [2.24, 2.45) is 28.6 Å². The Morgan fingerprint density at radius 2 is 1.66 bits per heavy atom. The third kappa shape index (κ3) is 8.65. The lowest BCUT2D eigenvalue weighted by atomic mass is 9.43. The van der Waals surface area contributed by atoms with Crippen molar-refractivity contribution >= 4 is 9.04 Å². The van der Waals surface area contributed by atoms with Gasteiger partial charge < -0.3 is 9.74 Å². The number of nitrogens with zero attached hydrogens (tertiary/aromatic N) is 2. The van der Waals surface area contributed by atoms with Crippen molar-refractivity contribution < 1.29 is 4.43 Å². The van der Waals surface area contributed by atoms with E-state index in [0.717, 1.165) is 29.9 Å². The van der Waals surface area contributed by atoms with Gasteiger partial charge in [-0.15, -0.1) is 0 Å². The van der Waals surface area contributed by atoms with Crippen LogP contribution in [-0.2, 0) is 10.8 Å². The summed E-state index contributed by atoms with van der Waals surface area (Å²) >= 11 is 0. The lowest BCUT2D eigenvalue weighted by molar-refractivity contribution is -0.144. The molecule has 0 aliphatic heterocycles. The molecule has 2 fully saturated rings. The van der Waals surface area contributed by atoms with E-state index in [1.807, 2.05) is 11.8 Å². The second-order valence-corrected chi connectivity index (χ2v) is 20.6. The van der Waals surface area contributed by atoms with E-state index in [0.29, 0.717) is 17.1 Å². The second kappa shape index (κ2) is 15.7. The molecular weight excluding hydrogens is 555 g/mol. The summed E-state index contributed by atoms with van der Waals surface area (Å²) in [5.74, 6) is 2.46. The fourth-order valence-corrected chi connectivity index (χ4v) is 13.1. The number of hydrogen-bond donors (Lipinski definition) is 1. The minimum absolute atomic E-state index is 0.255. The Kier molecular flexibility index (Phi) is 12.8. The molecule has 3 aliphatic rings. The zero-order valence-corrected chi connectivity index (χ0v) is 31.2.